The first-order valence-corrected chi connectivity index (χ1v) is 10.0. The van der Waals surface area contributed by atoms with Crippen LogP contribution in [0.25, 0.3) is 5.70 Å². The summed E-state index contributed by atoms with van der Waals surface area (Å²) >= 11 is 12.6. The largest absolute Gasteiger partial charge is 0.497 e. The molecule has 0 fully saturated rings. The van der Waals surface area contributed by atoms with E-state index in [1.807, 2.05) is 12.1 Å². The van der Waals surface area contributed by atoms with Crippen molar-refractivity contribution in [2.75, 3.05) is 13.7 Å². The Labute approximate surface area is 185 Å². The van der Waals surface area contributed by atoms with Gasteiger partial charge in [-0.15, -0.1) is 0 Å². The molecule has 3 rings (SSSR count). The van der Waals surface area contributed by atoms with Crippen molar-refractivity contribution in [3.8, 4) is 11.8 Å². The number of ether oxygens (including phenoxy) is 2. The summed E-state index contributed by atoms with van der Waals surface area (Å²) in [7, 11) is 1.59. The minimum Gasteiger partial charge on any atom is -0.497 e. The first kappa shape index (κ1) is 21.8. The summed E-state index contributed by atoms with van der Waals surface area (Å²) in [6.45, 7) is 3.73. The van der Waals surface area contributed by atoms with Gasteiger partial charge in [0, 0.05) is 15.7 Å². The highest BCUT2D eigenvalue weighted by Gasteiger charge is 2.37. The quantitative estimate of drug-likeness (QED) is 0.622. The Morgan fingerprint density at radius 1 is 1.20 bits per heavy atom. The highest BCUT2D eigenvalue weighted by atomic mass is 35.5. The fourth-order valence-electron chi connectivity index (χ4n) is 3.44. The number of methoxy groups -OCH3 is 1. The highest BCUT2D eigenvalue weighted by Crippen LogP contribution is 2.43. The van der Waals surface area contributed by atoms with E-state index < -0.39 is 11.9 Å². The molecule has 5 nitrogen and oxygen atoms in total. The van der Waals surface area contributed by atoms with Crippen LogP contribution in [0, 0.1) is 11.3 Å². The van der Waals surface area contributed by atoms with Gasteiger partial charge in [-0.3, -0.25) is 0 Å². The zero-order valence-electron chi connectivity index (χ0n) is 16.8. The standard InChI is InChI=1S/C23H20Cl2N2O3/c1-4-30-23(28)21-20(17-10-7-15(24)11-19(17)25)18(12-26)13(2)27-22(21)14-5-8-16(29-3)9-6-14/h5-11,20,27H,4H2,1-3H3. The van der Waals surface area contributed by atoms with Gasteiger partial charge < -0.3 is 14.8 Å². The van der Waals surface area contributed by atoms with Crippen molar-refractivity contribution in [1.29, 1.82) is 5.26 Å². The first-order valence-electron chi connectivity index (χ1n) is 9.29. The number of allylic oxidation sites excluding steroid dienone is 2. The summed E-state index contributed by atoms with van der Waals surface area (Å²) in [4.78, 5) is 13.1. The zero-order chi connectivity index (χ0) is 21.8. The van der Waals surface area contributed by atoms with E-state index in [0.717, 1.165) is 5.56 Å². The molecule has 0 saturated carbocycles. The Kier molecular flexibility index (Phi) is 6.71. The predicted molar refractivity (Wildman–Crippen MR) is 117 cm³/mol. The van der Waals surface area contributed by atoms with Gasteiger partial charge in [0.1, 0.15) is 5.75 Å². The van der Waals surface area contributed by atoms with E-state index in [9.17, 15) is 10.1 Å². The van der Waals surface area contributed by atoms with Gasteiger partial charge in [0.15, 0.2) is 0 Å². The van der Waals surface area contributed by atoms with Crippen molar-refractivity contribution >= 4 is 34.9 Å². The summed E-state index contributed by atoms with van der Waals surface area (Å²) in [5, 5.41) is 13.9. The third-order valence-corrected chi connectivity index (χ3v) is 5.39. The molecule has 154 valence electrons. The van der Waals surface area contributed by atoms with E-state index >= 15 is 0 Å². The number of esters is 1. The molecule has 0 aromatic heterocycles. The normalized spacial score (nSPS) is 16.1. The maximum absolute atomic E-state index is 13.1. The van der Waals surface area contributed by atoms with Crippen molar-refractivity contribution in [1.82, 2.24) is 5.32 Å². The molecular formula is C23H20Cl2N2O3. The second-order valence-electron chi connectivity index (χ2n) is 6.61. The van der Waals surface area contributed by atoms with Gasteiger partial charge >= 0.3 is 5.97 Å². The minimum atomic E-state index is -0.697. The smallest absolute Gasteiger partial charge is 0.337 e. The molecule has 2 aromatic rings. The number of dihydropyridines is 1. The molecule has 1 aliphatic rings. The lowest BCUT2D eigenvalue weighted by Crippen LogP contribution is -2.29. The van der Waals surface area contributed by atoms with Gasteiger partial charge in [0.05, 0.1) is 42.5 Å². The summed E-state index contributed by atoms with van der Waals surface area (Å²) in [5.41, 5.74) is 3.25. The maximum Gasteiger partial charge on any atom is 0.337 e. The Balaban J connectivity index is 2.29. The molecule has 0 spiro atoms. The molecule has 1 N–H and O–H groups in total. The lowest BCUT2D eigenvalue weighted by atomic mass is 9.79. The van der Waals surface area contributed by atoms with Crippen molar-refractivity contribution < 1.29 is 14.3 Å². The molecule has 0 bridgehead atoms. The van der Waals surface area contributed by atoms with E-state index in [2.05, 4.69) is 11.4 Å². The Morgan fingerprint density at radius 3 is 2.47 bits per heavy atom. The highest BCUT2D eigenvalue weighted by molar-refractivity contribution is 6.35. The van der Waals surface area contributed by atoms with Gasteiger partial charge in [0.25, 0.3) is 0 Å². The Hall–Kier alpha value is -2.94. The van der Waals surface area contributed by atoms with Crippen molar-refractivity contribution in [3.63, 3.8) is 0 Å². The third-order valence-electron chi connectivity index (χ3n) is 4.83. The molecule has 7 heteroatoms. The van der Waals surface area contributed by atoms with Crippen molar-refractivity contribution in [3.05, 3.63) is 80.5 Å². The van der Waals surface area contributed by atoms with E-state index in [0.29, 0.717) is 43.9 Å². The van der Waals surface area contributed by atoms with Crippen LogP contribution in [0.1, 0.15) is 30.9 Å². The topological polar surface area (TPSA) is 71.3 Å². The van der Waals surface area contributed by atoms with Crippen molar-refractivity contribution in [2.24, 2.45) is 0 Å². The second kappa shape index (κ2) is 9.25. The van der Waals surface area contributed by atoms with Crippen LogP contribution in [0.4, 0.5) is 0 Å². The molecular weight excluding hydrogens is 423 g/mol. The molecule has 1 aliphatic heterocycles. The number of nitrogens with one attached hydrogen (secondary N) is 1. The Bertz CT molecular complexity index is 1080. The van der Waals surface area contributed by atoms with E-state index in [-0.39, 0.29) is 6.61 Å². The average Bonchev–Trinajstić information content (AvgIpc) is 2.73. The van der Waals surface area contributed by atoms with E-state index in [4.69, 9.17) is 32.7 Å². The Morgan fingerprint density at radius 2 is 1.90 bits per heavy atom. The maximum atomic E-state index is 13.1. The number of halogens is 2. The third kappa shape index (κ3) is 4.16. The van der Waals surface area contributed by atoms with Gasteiger partial charge in [-0.1, -0.05) is 29.3 Å². The van der Waals surface area contributed by atoms with Gasteiger partial charge in [-0.05, 0) is 61.4 Å². The molecule has 1 unspecified atom stereocenters. The molecule has 0 saturated heterocycles. The minimum absolute atomic E-state index is 0.198. The summed E-state index contributed by atoms with van der Waals surface area (Å²) in [5.74, 6) is -0.528. The number of benzene rings is 2. The van der Waals surface area contributed by atoms with Crippen LogP contribution in [0.3, 0.4) is 0 Å². The van der Waals surface area contributed by atoms with Gasteiger partial charge in [-0.2, -0.15) is 5.26 Å². The van der Waals surface area contributed by atoms with Crippen molar-refractivity contribution in [2.45, 2.75) is 19.8 Å². The lowest BCUT2D eigenvalue weighted by Gasteiger charge is -2.30. The van der Waals surface area contributed by atoms with Crippen LogP contribution >= 0.6 is 23.2 Å². The number of carbonyl (C=O) groups excluding carboxylic acids is 1. The molecule has 0 aliphatic carbocycles. The summed E-state index contributed by atoms with van der Waals surface area (Å²) < 4.78 is 10.6. The first-order chi connectivity index (χ1) is 14.4. The number of hydrogen-bond acceptors (Lipinski definition) is 5. The number of nitrogens with zero attached hydrogens (tertiary/aromatic N) is 1. The zero-order valence-corrected chi connectivity index (χ0v) is 18.3. The fraction of sp³-hybridized carbons (Fsp3) is 0.217. The van der Waals surface area contributed by atoms with E-state index in [1.54, 1.807) is 51.3 Å². The van der Waals surface area contributed by atoms with Gasteiger partial charge in [0.2, 0.25) is 0 Å². The van der Waals surface area contributed by atoms with Crippen LogP contribution in [-0.2, 0) is 9.53 Å². The molecule has 0 radical (unpaired) electrons. The van der Waals surface area contributed by atoms with Crippen LogP contribution in [0.15, 0.2) is 59.3 Å². The number of hydrogen-bond donors (Lipinski definition) is 1. The van der Waals surface area contributed by atoms with Crippen LogP contribution < -0.4 is 10.1 Å². The predicted octanol–water partition coefficient (Wildman–Crippen LogP) is 5.46. The van der Waals surface area contributed by atoms with Crippen LogP contribution in [0.5, 0.6) is 5.75 Å². The van der Waals surface area contributed by atoms with E-state index in [1.165, 1.54) is 0 Å². The fourth-order valence-corrected chi connectivity index (χ4v) is 3.95. The average molecular weight is 443 g/mol. The second-order valence-corrected chi connectivity index (χ2v) is 7.46. The monoisotopic (exact) mass is 442 g/mol. The number of rotatable bonds is 5. The molecule has 2 aromatic carbocycles. The molecule has 1 heterocycles. The summed E-state index contributed by atoms with van der Waals surface area (Å²) in [6.07, 6.45) is 0. The number of carbonyl (C=O) groups is 1. The number of nitriles is 1. The summed E-state index contributed by atoms with van der Waals surface area (Å²) in [6, 6.07) is 14.5. The molecule has 30 heavy (non-hydrogen) atoms. The SMILES string of the molecule is CCOC(=O)C1=C(c2ccc(OC)cc2)NC(C)=C(C#N)C1c1ccc(Cl)cc1Cl. The van der Waals surface area contributed by atoms with Crippen LogP contribution in [0.2, 0.25) is 10.0 Å². The van der Waals surface area contributed by atoms with Gasteiger partial charge in [-0.25, -0.2) is 4.79 Å². The molecule has 1 atom stereocenters. The van der Waals surface area contributed by atoms with Crippen LogP contribution in [-0.4, -0.2) is 19.7 Å². The lowest BCUT2D eigenvalue weighted by molar-refractivity contribution is -0.138. The molecule has 0 amide bonds.